The van der Waals surface area contributed by atoms with Gasteiger partial charge >= 0.3 is 0 Å². The molecule has 0 spiro atoms. The minimum Gasteiger partial charge on any atom is -0.504 e. The summed E-state index contributed by atoms with van der Waals surface area (Å²) in [6.45, 7) is 1.87. The summed E-state index contributed by atoms with van der Waals surface area (Å²) in [5.41, 5.74) is 5.22. The first-order chi connectivity index (χ1) is 14.5. The van der Waals surface area contributed by atoms with Crippen LogP contribution in [0, 0.1) is 6.92 Å². The number of ether oxygens (including phenoxy) is 1. The molecular formula is C23H21N3O4. The van der Waals surface area contributed by atoms with Gasteiger partial charge in [0, 0.05) is 22.4 Å². The third-order valence-electron chi connectivity index (χ3n) is 4.41. The molecule has 0 heterocycles. The highest BCUT2D eigenvalue weighted by atomic mass is 16.5. The first-order valence-corrected chi connectivity index (χ1v) is 9.16. The maximum Gasteiger partial charge on any atom is 0.271 e. The highest BCUT2D eigenvalue weighted by molar-refractivity contribution is 6.05. The van der Waals surface area contributed by atoms with Gasteiger partial charge in [-0.1, -0.05) is 24.3 Å². The number of phenolic OH excluding ortho intramolecular Hbond substituents is 1. The van der Waals surface area contributed by atoms with Crippen molar-refractivity contribution in [1.29, 1.82) is 0 Å². The number of carbonyl (C=O) groups excluding carboxylic acids is 2. The van der Waals surface area contributed by atoms with E-state index >= 15 is 0 Å². The number of hydrazone groups is 1. The Balaban J connectivity index is 1.61. The number of hydrogen-bond acceptors (Lipinski definition) is 5. The van der Waals surface area contributed by atoms with E-state index in [-0.39, 0.29) is 11.7 Å². The number of nitrogens with one attached hydrogen (secondary N) is 2. The number of carbonyl (C=O) groups is 2. The molecule has 3 aromatic carbocycles. The summed E-state index contributed by atoms with van der Waals surface area (Å²) >= 11 is 0. The number of aryl methyl sites for hydroxylation is 1. The second-order valence-electron chi connectivity index (χ2n) is 6.44. The van der Waals surface area contributed by atoms with Crippen molar-refractivity contribution in [3.63, 3.8) is 0 Å². The molecule has 7 nitrogen and oxygen atoms in total. The summed E-state index contributed by atoms with van der Waals surface area (Å²) in [5.74, 6) is -0.390. The Labute approximate surface area is 174 Å². The molecule has 0 radical (unpaired) electrons. The Morgan fingerprint density at radius 2 is 1.70 bits per heavy atom. The predicted octanol–water partition coefficient (Wildman–Crippen LogP) is 3.73. The zero-order valence-electron chi connectivity index (χ0n) is 16.5. The second-order valence-corrected chi connectivity index (χ2v) is 6.44. The fraction of sp³-hybridized carbons (Fsp3) is 0.0870. The van der Waals surface area contributed by atoms with Gasteiger partial charge in [-0.05, 0) is 55.0 Å². The lowest BCUT2D eigenvalue weighted by atomic mass is 10.1. The molecular weight excluding hydrogens is 382 g/mol. The monoisotopic (exact) mass is 403 g/mol. The molecule has 3 rings (SSSR count). The molecule has 2 amide bonds. The predicted molar refractivity (Wildman–Crippen MR) is 115 cm³/mol. The van der Waals surface area contributed by atoms with Gasteiger partial charge in [-0.3, -0.25) is 9.59 Å². The van der Waals surface area contributed by atoms with Gasteiger partial charge in [0.2, 0.25) is 0 Å². The van der Waals surface area contributed by atoms with Crippen molar-refractivity contribution in [3.8, 4) is 11.5 Å². The molecule has 3 aromatic rings. The highest BCUT2D eigenvalue weighted by Gasteiger charge is 2.10. The molecule has 0 aromatic heterocycles. The quantitative estimate of drug-likeness (QED) is 0.431. The number of para-hydroxylation sites is 1. The Hall–Kier alpha value is -4.13. The van der Waals surface area contributed by atoms with Crippen molar-refractivity contribution in [2.45, 2.75) is 6.92 Å². The minimum atomic E-state index is -0.426. The lowest BCUT2D eigenvalue weighted by Crippen LogP contribution is -2.18. The van der Waals surface area contributed by atoms with Gasteiger partial charge in [-0.15, -0.1) is 0 Å². The first kappa shape index (κ1) is 20.6. The molecule has 7 heteroatoms. The van der Waals surface area contributed by atoms with E-state index in [2.05, 4.69) is 15.8 Å². The van der Waals surface area contributed by atoms with Crippen LogP contribution in [0.1, 0.15) is 31.8 Å². The zero-order chi connectivity index (χ0) is 21.5. The fourth-order valence-electron chi connectivity index (χ4n) is 2.76. The van der Waals surface area contributed by atoms with Crippen LogP contribution in [0.3, 0.4) is 0 Å². The van der Waals surface area contributed by atoms with Crippen LogP contribution in [-0.2, 0) is 0 Å². The summed E-state index contributed by atoms with van der Waals surface area (Å²) in [6, 6.07) is 18.7. The molecule has 0 bridgehead atoms. The SMILES string of the molecule is COc1cccc(/C=N/NC(=O)c2ccc(NC(=O)c3ccccc3C)cc2)c1O. The summed E-state index contributed by atoms with van der Waals surface area (Å²) in [6.07, 6.45) is 1.33. The van der Waals surface area contributed by atoms with Crippen molar-refractivity contribution in [3.05, 3.63) is 89.0 Å². The average Bonchev–Trinajstić information content (AvgIpc) is 2.75. The van der Waals surface area contributed by atoms with E-state index in [0.717, 1.165) is 5.56 Å². The van der Waals surface area contributed by atoms with Crippen molar-refractivity contribution in [2.75, 3.05) is 12.4 Å². The summed E-state index contributed by atoms with van der Waals surface area (Å²) in [5, 5.41) is 16.7. The fourth-order valence-corrected chi connectivity index (χ4v) is 2.76. The lowest BCUT2D eigenvalue weighted by Gasteiger charge is -2.08. The molecule has 152 valence electrons. The average molecular weight is 403 g/mol. The molecule has 0 fully saturated rings. The number of benzene rings is 3. The van der Waals surface area contributed by atoms with E-state index < -0.39 is 5.91 Å². The van der Waals surface area contributed by atoms with Gasteiger partial charge in [0.1, 0.15) is 0 Å². The van der Waals surface area contributed by atoms with Gasteiger partial charge < -0.3 is 15.2 Å². The van der Waals surface area contributed by atoms with Gasteiger partial charge in [-0.25, -0.2) is 5.43 Å². The molecule has 0 unspecified atom stereocenters. The van der Waals surface area contributed by atoms with Crippen LogP contribution >= 0.6 is 0 Å². The maximum atomic E-state index is 12.4. The largest absolute Gasteiger partial charge is 0.504 e. The van der Waals surface area contributed by atoms with Gasteiger partial charge in [0.25, 0.3) is 11.8 Å². The topological polar surface area (TPSA) is 100 Å². The highest BCUT2D eigenvalue weighted by Crippen LogP contribution is 2.27. The van der Waals surface area contributed by atoms with E-state index in [4.69, 9.17) is 4.74 Å². The number of anilines is 1. The third kappa shape index (κ3) is 4.82. The standard InChI is InChI=1S/C23H21N3O4/c1-15-6-3-4-8-19(15)23(29)25-18-12-10-16(11-13-18)22(28)26-24-14-17-7-5-9-20(30-2)21(17)27/h3-14,27H,1-2H3,(H,25,29)(H,26,28)/b24-14+. The Bertz CT molecular complexity index is 1090. The summed E-state index contributed by atoms with van der Waals surface area (Å²) < 4.78 is 5.03. The van der Waals surface area contributed by atoms with Crippen molar-refractivity contribution in [1.82, 2.24) is 5.43 Å². The number of amides is 2. The number of hydrogen-bond donors (Lipinski definition) is 3. The number of methoxy groups -OCH3 is 1. The molecule has 0 saturated carbocycles. The first-order valence-electron chi connectivity index (χ1n) is 9.16. The molecule has 0 aliphatic carbocycles. The Morgan fingerprint density at radius 3 is 2.40 bits per heavy atom. The zero-order valence-corrected chi connectivity index (χ0v) is 16.5. The van der Waals surface area contributed by atoms with Crippen LogP contribution in [0.2, 0.25) is 0 Å². The van der Waals surface area contributed by atoms with Crippen molar-refractivity contribution in [2.24, 2.45) is 5.10 Å². The summed E-state index contributed by atoms with van der Waals surface area (Å²) in [7, 11) is 1.45. The third-order valence-corrected chi connectivity index (χ3v) is 4.41. The van der Waals surface area contributed by atoms with E-state index in [1.807, 2.05) is 19.1 Å². The molecule has 30 heavy (non-hydrogen) atoms. The Kier molecular flexibility index (Phi) is 6.44. The van der Waals surface area contributed by atoms with Crippen LogP contribution < -0.4 is 15.5 Å². The van der Waals surface area contributed by atoms with Crippen LogP contribution in [0.4, 0.5) is 5.69 Å². The van der Waals surface area contributed by atoms with E-state index in [1.54, 1.807) is 54.6 Å². The molecule has 0 aliphatic heterocycles. The minimum absolute atomic E-state index is 0.0632. The molecule has 0 aliphatic rings. The van der Waals surface area contributed by atoms with E-state index in [1.165, 1.54) is 13.3 Å². The number of phenols is 1. The molecule has 3 N–H and O–H groups in total. The number of nitrogens with zero attached hydrogens (tertiary/aromatic N) is 1. The number of aromatic hydroxyl groups is 1. The Morgan fingerprint density at radius 1 is 0.967 bits per heavy atom. The van der Waals surface area contributed by atoms with Gasteiger partial charge in [0.15, 0.2) is 11.5 Å². The molecule has 0 atom stereocenters. The van der Waals surface area contributed by atoms with Crippen LogP contribution in [-0.4, -0.2) is 30.2 Å². The van der Waals surface area contributed by atoms with E-state index in [0.29, 0.717) is 28.1 Å². The van der Waals surface area contributed by atoms with E-state index in [9.17, 15) is 14.7 Å². The number of rotatable bonds is 6. The maximum absolute atomic E-state index is 12.4. The van der Waals surface area contributed by atoms with Crippen molar-refractivity contribution < 1.29 is 19.4 Å². The second kappa shape index (κ2) is 9.38. The lowest BCUT2D eigenvalue weighted by molar-refractivity contribution is 0.0954. The van der Waals surface area contributed by atoms with Gasteiger partial charge in [0.05, 0.1) is 13.3 Å². The summed E-state index contributed by atoms with van der Waals surface area (Å²) in [4.78, 5) is 24.6. The van der Waals surface area contributed by atoms with Crippen LogP contribution in [0.5, 0.6) is 11.5 Å². The smallest absolute Gasteiger partial charge is 0.271 e. The van der Waals surface area contributed by atoms with Crippen LogP contribution in [0.25, 0.3) is 0 Å². The molecule has 0 saturated heterocycles. The van der Waals surface area contributed by atoms with Crippen molar-refractivity contribution >= 4 is 23.7 Å². The van der Waals surface area contributed by atoms with Gasteiger partial charge in [-0.2, -0.15) is 5.10 Å². The van der Waals surface area contributed by atoms with Crippen LogP contribution in [0.15, 0.2) is 71.8 Å². The normalized spacial score (nSPS) is 10.6.